The van der Waals surface area contributed by atoms with Crippen molar-refractivity contribution in [2.45, 2.75) is 39.0 Å². The van der Waals surface area contributed by atoms with Gasteiger partial charge in [0.2, 0.25) is 0 Å². The van der Waals surface area contributed by atoms with Gasteiger partial charge in [0.15, 0.2) is 0 Å². The van der Waals surface area contributed by atoms with Gasteiger partial charge in [0, 0.05) is 6.42 Å². The Morgan fingerprint density at radius 1 is 1.46 bits per heavy atom. The van der Waals surface area contributed by atoms with E-state index < -0.39 is 18.3 Å². The normalized spacial score (nSPS) is 11.2. The monoisotopic (exact) mass is 215 g/mol. The molecule has 0 atom stereocenters. The van der Waals surface area contributed by atoms with Gasteiger partial charge in [0.05, 0.1) is 0 Å². The van der Waals surface area contributed by atoms with Crippen molar-refractivity contribution in [3.8, 4) is 0 Å². The molecule has 0 fully saturated rings. The van der Waals surface area contributed by atoms with E-state index in [9.17, 15) is 13.6 Å². The standard InChI is InChI=1S/C8H15F2NO.ClH/c1-6(2)4-3-5-8(9,10)7(11)12;/h6H,3-5H2,1-2H3,(H2,11,12);1H. The second-order valence-corrected chi connectivity index (χ2v) is 3.35. The van der Waals surface area contributed by atoms with Crippen LogP contribution < -0.4 is 5.73 Å². The van der Waals surface area contributed by atoms with Gasteiger partial charge in [-0.05, 0) is 12.3 Å². The van der Waals surface area contributed by atoms with Gasteiger partial charge in [-0.2, -0.15) is 8.78 Å². The van der Waals surface area contributed by atoms with E-state index in [-0.39, 0.29) is 12.4 Å². The van der Waals surface area contributed by atoms with E-state index in [1.165, 1.54) is 0 Å². The highest BCUT2D eigenvalue weighted by Crippen LogP contribution is 2.21. The molecule has 80 valence electrons. The first-order chi connectivity index (χ1) is 5.36. The quantitative estimate of drug-likeness (QED) is 0.752. The molecule has 2 N–H and O–H groups in total. The summed E-state index contributed by atoms with van der Waals surface area (Å²) in [5, 5.41) is 0. The number of primary amides is 1. The summed E-state index contributed by atoms with van der Waals surface area (Å²) >= 11 is 0. The Hall–Kier alpha value is -0.380. The van der Waals surface area contributed by atoms with E-state index in [2.05, 4.69) is 5.73 Å². The van der Waals surface area contributed by atoms with Crippen molar-refractivity contribution in [3.63, 3.8) is 0 Å². The van der Waals surface area contributed by atoms with Crippen LogP contribution in [0.25, 0.3) is 0 Å². The Morgan fingerprint density at radius 2 is 1.92 bits per heavy atom. The van der Waals surface area contributed by atoms with Crippen LogP contribution in [0.5, 0.6) is 0 Å². The van der Waals surface area contributed by atoms with Gasteiger partial charge in [-0.1, -0.05) is 20.3 Å². The highest BCUT2D eigenvalue weighted by Gasteiger charge is 2.35. The zero-order chi connectivity index (χ0) is 9.78. The van der Waals surface area contributed by atoms with Crippen molar-refractivity contribution in [1.29, 1.82) is 0 Å². The lowest BCUT2D eigenvalue weighted by Gasteiger charge is -2.12. The zero-order valence-corrected chi connectivity index (χ0v) is 8.66. The first kappa shape index (κ1) is 15.1. The van der Waals surface area contributed by atoms with Crippen LogP contribution in [0.2, 0.25) is 0 Å². The third-order valence-corrected chi connectivity index (χ3v) is 1.63. The Morgan fingerprint density at radius 3 is 2.23 bits per heavy atom. The van der Waals surface area contributed by atoms with Crippen LogP contribution in [0.3, 0.4) is 0 Å². The van der Waals surface area contributed by atoms with Crippen LogP contribution in [-0.4, -0.2) is 11.8 Å². The molecule has 0 aromatic rings. The molecule has 13 heavy (non-hydrogen) atoms. The molecule has 0 aromatic carbocycles. The molecule has 1 amide bonds. The summed E-state index contributed by atoms with van der Waals surface area (Å²) in [4.78, 5) is 10.2. The molecule has 2 nitrogen and oxygen atoms in total. The molecular weight excluding hydrogens is 200 g/mol. The Balaban J connectivity index is 0. The minimum Gasteiger partial charge on any atom is -0.364 e. The third-order valence-electron chi connectivity index (χ3n) is 1.63. The lowest BCUT2D eigenvalue weighted by Crippen LogP contribution is -2.35. The fraction of sp³-hybridized carbons (Fsp3) is 0.875. The van der Waals surface area contributed by atoms with Gasteiger partial charge in [-0.3, -0.25) is 4.79 Å². The van der Waals surface area contributed by atoms with Crippen molar-refractivity contribution < 1.29 is 13.6 Å². The molecule has 0 spiro atoms. The van der Waals surface area contributed by atoms with Crippen LogP contribution >= 0.6 is 12.4 Å². The predicted octanol–water partition coefficient (Wildman–Crippen LogP) is 2.36. The summed E-state index contributed by atoms with van der Waals surface area (Å²) in [7, 11) is 0. The number of hydrogen-bond acceptors (Lipinski definition) is 1. The number of rotatable bonds is 5. The SMILES string of the molecule is CC(C)CCCC(F)(F)C(N)=O.Cl. The molecule has 0 aromatic heterocycles. The van der Waals surface area contributed by atoms with E-state index in [1.807, 2.05) is 13.8 Å². The summed E-state index contributed by atoms with van der Waals surface area (Å²) in [6.07, 6.45) is 0.608. The first-order valence-corrected chi connectivity index (χ1v) is 4.04. The molecule has 5 heteroatoms. The van der Waals surface area contributed by atoms with Crippen LogP contribution in [-0.2, 0) is 4.79 Å². The molecule has 0 unspecified atom stereocenters. The van der Waals surface area contributed by atoms with E-state index in [4.69, 9.17) is 0 Å². The Kier molecular flexibility index (Phi) is 7.13. The Labute approximate surface area is 83.3 Å². The van der Waals surface area contributed by atoms with Gasteiger partial charge >= 0.3 is 5.92 Å². The van der Waals surface area contributed by atoms with Gasteiger partial charge < -0.3 is 5.73 Å². The lowest BCUT2D eigenvalue weighted by atomic mass is 10.0. The van der Waals surface area contributed by atoms with Crippen molar-refractivity contribution in [2.75, 3.05) is 0 Å². The fourth-order valence-corrected chi connectivity index (χ4v) is 0.856. The first-order valence-electron chi connectivity index (χ1n) is 4.04. The summed E-state index contributed by atoms with van der Waals surface area (Å²) in [6, 6.07) is 0. The average Bonchev–Trinajstić information content (AvgIpc) is 1.85. The second kappa shape index (κ2) is 6.13. The van der Waals surface area contributed by atoms with E-state index in [0.717, 1.165) is 0 Å². The van der Waals surface area contributed by atoms with Gasteiger partial charge in [0.25, 0.3) is 5.91 Å². The van der Waals surface area contributed by atoms with E-state index in [1.54, 1.807) is 0 Å². The highest BCUT2D eigenvalue weighted by molar-refractivity contribution is 5.85. The highest BCUT2D eigenvalue weighted by atomic mass is 35.5. The molecule has 0 bridgehead atoms. The third kappa shape index (κ3) is 6.75. The molecule has 0 radical (unpaired) electrons. The summed E-state index contributed by atoms with van der Waals surface area (Å²) < 4.78 is 25.0. The molecule has 0 saturated carbocycles. The van der Waals surface area contributed by atoms with Gasteiger partial charge in [0.1, 0.15) is 0 Å². The van der Waals surface area contributed by atoms with Crippen molar-refractivity contribution in [3.05, 3.63) is 0 Å². The summed E-state index contributed by atoms with van der Waals surface area (Å²) in [5.41, 5.74) is 4.50. The maximum absolute atomic E-state index is 12.5. The molecule has 0 aliphatic rings. The van der Waals surface area contributed by atoms with Crippen LogP contribution in [0.1, 0.15) is 33.1 Å². The van der Waals surface area contributed by atoms with E-state index in [0.29, 0.717) is 18.8 Å². The van der Waals surface area contributed by atoms with Crippen LogP contribution in [0.4, 0.5) is 8.78 Å². The number of carbonyl (C=O) groups is 1. The average molecular weight is 216 g/mol. The fourth-order valence-electron chi connectivity index (χ4n) is 0.856. The molecule has 0 aliphatic carbocycles. The number of hydrogen-bond donors (Lipinski definition) is 1. The van der Waals surface area contributed by atoms with E-state index >= 15 is 0 Å². The molecule has 0 saturated heterocycles. The largest absolute Gasteiger partial charge is 0.364 e. The van der Waals surface area contributed by atoms with Crippen LogP contribution in [0, 0.1) is 5.92 Å². The van der Waals surface area contributed by atoms with Gasteiger partial charge in [-0.25, -0.2) is 0 Å². The number of amides is 1. The predicted molar refractivity (Wildman–Crippen MR) is 50.1 cm³/mol. The smallest absolute Gasteiger partial charge is 0.324 e. The van der Waals surface area contributed by atoms with Crippen molar-refractivity contribution in [2.24, 2.45) is 11.7 Å². The lowest BCUT2D eigenvalue weighted by molar-refractivity contribution is -0.142. The number of carbonyl (C=O) groups excluding carboxylic acids is 1. The summed E-state index contributed by atoms with van der Waals surface area (Å²) in [6.45, 7) is 3.89. The molecular formula is C8H16ClF2NO. The Bertz CT molecular complexity index is 162. The number of nitrogens with two attached hydrogens (primary N) is 1. The molecule has 0 aliphatic heterocycles. The van der Waals surface area contributed by atoms with Gasteiger partial charge in [-0.15, -0.1) is 12.4 Å². The minimum absolute atomic E-state index is 0. The number of halogens is 3. The number of alkyl halides is 2. The second-order valence-electron chi connectivity index (χ2n) is 3.35. The van der Waals surface area contributed by atoms with Crippen molar-refractivity contribution in [1.82, 2.24) is 0 Å². The zero-order valence-electron chi connectivity index (χ0n) is 7.85. The summed E-state index contributed by atoms with van der Waals surface area (Å²) in [5.74, 6) is -4.46. The minimum atomic E-state index is -3.32. The maximum Gasteiger partial charge on any atom is 0.324 e. The molecule has 0 heterocycles. The van der Waals surface area contributed by atoms with Crippen molar-refractivity contribution >= 4 is 18.3 Å². The maximum atomic E-state index is 12.5. The topological polar surface area (TPSA) is 43.1 Å². The van der Waals surface area contributed by atoms with Crippen LogP contribution in [0.15, 0.2) is 0 Å². The molecule has 0 rings (SSSR count).